The molecular formula is C24H19F5. The Balaban J connectivity index is 1.74. The minimum Gasteiger partial charge on any atom is -0.207 e. The second-order valence-corrected chi connectivity index (χ2v) is 7.75. The molecule has 0 unspecified atom stereocenters. The Morgan fingerprint density at radius 2 is 1.41 bits per heavy atom. The van der Waals surface area contributed by atoms with Crippen molar-refractivity contribution in [2.45, 2.75) is 39.5 Å². The minimum atomic E-state index is -3.53. The number of aryl methyl sites for hydroxylation is 2. The van der Waals surface area contributed by atoms with Gasteiger partial charge in [0.1, 0.15) is 17.5 Å². The smallest absolute Gasteiger partial charge is 0.207 e. The van der Waals surface area contributed by atoms with Crippen molar-refractivity contribution in [2.24, 2.45) is 0 Å². The number of hydrogen-bond donors (Lipinski definition) is 0. The Bertz CT molecular complexity index is 1120. The van der Waals surface area contributed by atoms with Gasteiger partial charge in [0.15, 0.2) is 0 Å². The molecule has 29 heavy (non-hydrogen) atoms. The fraction of sp³-hybridized carbons (Fsp3) is 0.250. The van der Waals surface area contributed by atoms with Gasteiger partial charge in [0, 0.05) is 24.0 Å². The van der Waals surface area contributed by atoms with Gasteiger partial charge in [0.05, 0.1) is 5.56 Å². The Labute approximate surface area is 166 Å². The van der Waals surface area contributed by atoms with Gasteiger partial charge < -0.3 is 0 Å². The lowest BCUT2D eigenvalue weighted by atomic mass is 9.94. The summed E-state index contributed by atoms with van der Waals surface area (Å²) in [7, 11) is 0. The van der Waals surface area contributed by atoms with Gasteiger partial charge in [-0.3, -0.25) is 0 Å². The molecule has 5 heteroatoms. The van der Waals surface area contributed by atoms with E-state index in [1.807, 2.05) is 0 Å². The third kappa shape index (κ3) is 3.13. The van der Waals surface area contributed by atoms with Crippen LogP contribution in [-0.4, -0.2) is 0 Å². The van der Waals surface area contributed by atoms with Gasteiger partial charge in [-0.15, -0.1) is 0 Å². The maximum Gasteiger partial charge on any atom is 0.280 e. The number of benzene rings is 3. The maximum absolute atomic E-state index is 15.1. The van der Waals surface area contributed by atoms with E-state index in [1.54, 1.807) is 32.9 Å². The van der Waals surface area contributed by atoms with Crippen molar-refractivity contribution in [3.8, 4) is 11.1 Å². The zero-order valence-corrected chi connectivity index (χ0v) is 16.3. The first-order valence-corrected chi connectivity index (χ1v) is 9.34. The summed E-state index contributed by atoms with van der Waals surface area (Å²) in [6.07, 6.45) is -0.882. The third-order valence-electron chi connectivity index (χ3n) is 5.81. The topological polar surface area (TPSA) is 0 Å². The van der Waals surface area contributed by atoms with Gasteiger partial charge in [-0.2, -0.15) is 0 Å². The summed E-state index contributed by atoms with van der Waals surface area (Å²) in [6.45, 7) is 4.83. The molecule has 0 bridgehead atoms. The SMILES string of the molecule is Cc1cc(CC(F)(F)c2ccc3c(c2F)Cc2c-3ccc(C)c2F)cc(F)c1C. The van der Waals surface area contributed by atoms with E-state index in [9.17, 15) is 17.6 Å². The van der Waals surface area contributed by atoms with Gasteiger partial charge in [-0.25, -0.2) is 22.0 Å². The van der Waals surface area contributed by atoms with Gasteiger partial charge >= 0.3 is 0 Å². The number of fused-ring (bicyclic) bond motifs is 3. The Morgan fingerprint density at radius 1 is 0.793 bits per heavy atom. The molecule has 1 aliphatic rings. The predicted molar refractivity (Wildman–Crippen MR) is 103 cm³/mol. The Kier molecular flexibility index (Phi) is 4.52. The lowest BCUT2D eigenvalue weighted by molar-refractivity contribution is -0.00746. The van der Waals surface area contributed by atoms with Crippen molar-refractivity contribution in [3.05, 3.63) is 92.8 Å². The third-order valence-corrected chi connectivity index (χ3v) is 5.81. The van der Waals surface area contributed by atoms with Gasteiger partial charge in [0.25, 0.3) is 5.92 Å². The quantitative estimate of drug-likeness (QED) is 0.326. The molecule has 0 saturated heterocycles. The zero-order chi connectivity index (χ0) is 21.1. The maximum atomic E-state index is 15.1. The average molecular weight is 402 g/mol. The molecule has 0 atom stereocenters. The molecule has 0 spiro atoms. The monoisotopic (exact) mass is 402 g/mol. The van der Waals surface area contributed by atoms with Crippen LogP contribution in [0, 0.1) is 38.2 Å². The molecule has 0 saturated carbocycles. The van der Waals surface area contributed by atoms with Crippen LogP contribution in [0.15, 0.2) is 36.4 Å². The number of halogens is 5. The lowest BCUT2D eigenvalue weighted by Gasteiger charge is -2.20. The first-order chi connectivity index (χ1) is 13.6. The highest BCUT2D eigenvalue weighted by molar-refractivity contribution is 5.78. The van der Waals surface area contributed by atoms with Crippen molar-refractivity contribution in [1.29, 1.82) is 0 Å². The Hall–Kier alpha value is -2.69. The summed E-state index contributed by atoms with van der Waals surface area (Å²) in [5, 5.41) is 0. The average Bonchev–Trinajstić information content (AvgIpc) is 3.03. The van der Waals surface area contributed by atoms with Crippen LogP contribution in [0.4, 0.5) is 22.0 Å². The van der Waals surface area contributed by atoms with E-state index in [2.05, 4.69) is 0 Å². The van der Waals surface area contributed by atoms with Crippen LogP contribution in [0.3, 0.4) is 0 Å². The number of hydrogen-bond acceptors (Lipinski definition) is 0. The summed E-state index contributed by atoms with van der Waals surface area (Å²) < 4.78 is 73.4. The number of rotatable bonds is 3. The van der Waals surface area contributed by atoms with E-state index in [0.29, 0.717) is 33.4 Å². The summed E-state index contributed by atoms with van der Waals surface area (Å²) in [5.74, 6) is -5.55. The molecule has 3 aromatic rings. The summed E-state index contributed by atoms with van der Waals surface area (Å²) >= 11 is 0. The van der Waals surface area contributed by atoms with Crippen LogP contribution in [0.2, 0.25) is 0 Å². The molecule has 0 amide bonds. The van der Waals surface area contributed by atoms with Crippen LogP contribution in [0.1, 0.15) is 38.9 Å². The molecule has 0 heterocycles. The molecule has 0 aromatic heterocycles. The van der Waals surface area contributed by atoms with Crippen molar-refractivity contribution in [2.75, 3.05) is 0 Å². The Morgan fingerprint density at radius 3 is 2.07 bits per heavy atom. The van der Waals surface area contributed by atoms with E-state index in [1.165, 1.54) is 12.1 Å². The standard InChI is InChI=1S/C24H19F5/c1-12-4-5-16-17-6-7-20(23(27)19(17)10-18(16)22(12)26)24(28,29)11-15-8-13(2)14(3)21(25)9-15/h4-9H,10-11H2,1-3H3. The highest BCUT2D eigenvalue weighted by Crippen LogP contribution is 2.44. The molecule has 0 radical (unpaired) electrons. The zero-order valence-electron chi connectivity index (χ0n) is 16.3. The summed E-state index contributed by atoms with van der Waals surface area (Å²) in [5.41, 5.74) is 2.12. The molecule has 0 fully saturated rings. The van der Waals surface area contributed by atoms with Crippen LogP contribution < -0.4 is 0 Å². The summed E-state index contributed by atoms with van der Waals surface area (Å²) in [4.78, 5) is 0. The highest BCUT2D eigenvalue weighted by atomic mass is 19.3. The van der Waals surface area contributed by atoms with E-state index < -0.39 is 35.4 Å². The lowest BCUT2D eigenvalue weighted by Crippen LogP contribution is -2.20. The molecule has 1 aliphatic carbocycles. The molecule has 4 rings (SSSR count). The number of alkyl halides is 2. The molecule has 150 valence electrons. The van der Waals surface area contributed by atoms with E-state index in [0.717, 1.165) is 12.1 Å². The van der Waals surface area contributed by atoms with Gasteiger partial charge in [-0.1, -0.05) is 24.3 Å². The normalized spacial score (nSPS) is 12.8. The van der Waals surface area contributed by atoms with E-state index in [-0.39, 0.29) is 17.5 Å². The van der Waals surface area contributed by atoms with Crippen molar-refractivity contribution >= 4 is 0 Å². The van der Waals surface area contributed by atoms with Crippen LogP contribution in [0.5, 0.6) is 0 Å². The van der Waals surface area contributed by atoms with Gasteiger partial charge in [0.2, 0.25) is 0 Å². The second kappa shape index (κ2) is 6.68. The fourth-order valence-corrected chi connectivity index (χ4v) is 4.01. The van der Waals surface area contributed by atoms with E-state index >= 15 is 4.39 Å². The van der Waals surface area contributed by atoms with Crippen LogP contribution in [-0.2, 0) is 18.8 Å². The van der Waals surface area contributed by atoms with Crippen molar-refractivity contribution in [3.63, 3.8) is 0 Å². The largest absolute Gasteiger partial charge is 0.280 e. The van der Waals surface area contributed by atoms with E-state index in [4.69, 9.17) is 0 Å². The van der Waals surface area contributed by atoms with Crippen LogP contribution in [0.25, 0.3) is 11.1 Å². The fourth-order valence-electron chi connectivity index (χ4n) is 4.01. The highest BCUT2D eigenvalue weighted by Gasteiger charge is 2.38. The van der Waals surface area contributed by atoms with Crippen molar-refractivity contribution < 1.29 is 22.0 Å². The molecule has 0 N–H and O–H groups in total. The first-order valence-electron chi connectivity index (χ1n) is 9.34. The molecule has 3 aromatic carbocycles. The molecule has 0 nitrogen and oxygen atoms in total. The predicted octanol–water partition coefficient (Wildman–Crippen LogP) is 6.93. The van der Waals surface area contributed by atoms with Gasteiger partial charge in [-0.05, 0) is 66.3 Å². The van der Waals surface area contributed by atoms with Crippen LogP contribution >= 0.6 is 0 Å². The first kappa shape index (κ1) is 19.6. The molecular weight excluding hydrogens is 383 g/mol. The minimum absolute atomic E-state index is 0.0633. The van der Waals surface area contributed by atoms with Crippen molar-refractivity contribution in [1.82, 2.24) is 0 Å². The summed E-state index contributed by atoms with van der Waals surface area (Å²) in [6, 6.07) is 8.31. The molecule has 0 aliphatic heterocycles. The second-order valence-electron chi connectivity index (χ2n) is 7.75.